The molecular formula is C16H11N3O4S2. The number of benzene rings is 2. The molecule has 25 heavy (non-hydrogen) atoms. The smallest absolute Gasteiger partial charge is 0.408 e. The van der Waals surface area contributed by atoms with E-state index in [2.05, 4.69) is 14.7 Å². The molecule has 0 fully saturated rings. The topological polar surface area (TPSA) is 105 Å². The number of nitrogens with zero attached hydrogens (tertiary/aromatic N) is 1. The van der Waals surface area contributed by atoms with E-state index in [0.717, 1.165) is 10.6 Å². The SMILES string of the molecule is O=c1[nH]c2ccc(S(=O)(=O)Nc3ccc(-c4nccs4)cc3)cc2o1. The zero-order chi connectivity index (χ0) is 17.4. The Balaban J connectivity index is 1.62. The monoisotopic (exact) mass is 373 g/mol. The summed E-state index contributed by atoms with van der Waals surface area (Å²) in [6.07, 6.45) is 1.71. The van der Waals surface area contributed by atoms with Crippen LogP contribution < -0.4 is 10.5 Å². The van der Waals surface area contributed by atoms with Crippen molar-refractivity contribution in [3.05, 3.63) is 64.6 Å². The van der Waals surface area contributed by atoms with Crippen LogP contribution in [0, 0.1) is 0 Å². The molecule has 9 heteroatoms. The van der Waals surface area contributed by atoms with Crippen LogP contribution in [0.3, 0.4) is 0 Å². The van der Waals surface area contributed by atoms with Gasteiger partial charge in [-0.2, -0.15) is 0 Å². The molecule has 7 nitrogen and oxygen atoms in total. The lowest BCUT2D eigenvalue weighted by atomic mass is 10.2. The Morgan fingerprint density at radius 1 is 1.12 bits per heavy atom. The van der Waals surface area contributed by atoms with E-state index in [1.54, 1.807) is 30.5 Å². The number of H-pyrrole nitrogens is 1. The Hall–Kier alpha value is -2.91. The summed E-state index contributed by atoms with van der Waals surface area (Å²) in [5.41, 5.74) is 1.97. The molecule has 0 atom stereocenters. The van der Waals surface area contributed by atoms with Crippen molar-refractivity contribution in [2.75, 3.05) is 4.72 Å². The number of rotatable bonds is 4. The van der Waals surface area contributed by atoms with Gasteiger partial charge in [-0.3, -0.25) is 9.71 Å². The number of aromatic nitrogens is 2. The fraction of sp³-hybridized carbons (Fsp3) is 0. The maximum atomic E-state index is 12.5. The van der Waals surface area contributed by atoms with Crippen LogP contribution in [-0.2, 0) is 10.0 Å². The van der Waals surface area contributed by atoms with Crippen molar-refractivity contribution < 1.29 is 12.8 Å². The summed E-state index contributed by atoms with van der Waals surface area (Å²) in [5, 5.41) is 2.74. The standard InChI is InChI=1S/C16H11N3O4S2/c20-16-18-13-6-5-12(9-14(13)23-16)25(21,22)19-11-3-1-10(2-4-11)15-17-7-8-24-15/h1-9,19H,(H,18,20). The quantitative estimate of drug-likeness (QED) is 0.572. The third-order valence-corrected chi connectivity index (χ3v) is 5.72. The Bertz CT molecular complexity index is 1190. The second-order valence-electron chi connectivity index (χ2n) is 5.19. The molecule has 0 amide bonds. The van der Waals surface area contributed by atoms with Gasteiger partial charge in [0.1, 0.15) is 5.01 Å². The molecule has 2 aromatic heterocycles. The van der Waals surface area contributed by atoms with E-state index in [1.807, 2.05) is 5.38 Å². The third-order valence-electron chi connectivity index (χ3n) is 3.52. The molecule has 4 rings (SSSR count). The Kier molecular flexibility index (Phi) is 3.66. The molecule has 2 heterocycles. The molecule has 126 valence electrons. The summed E-state index contributed by atoms with van der Waals surface area (Å²) in [5.74, 6) is -0.629. The summed E-state index contributed by atoms with van der Waals surface area (Å²) in [4.78, 5) is 17.9. The normalized spacial score (nSPS) is 11.7. The fourth-order valence-corrected chi connectivity index (χ4v) is 4.07. The zero-order valence-electron chi connectivity index (χ0n) is 12.6. The first-order valence-corrected chi connectivity index (χ1v) is 9.53. The van der Waals surface area contributed by atoms with E-state index >= 15 is 0 Å². The minimum Gasteiger partial charge on any atom is -0.408 e. The van der Waals surface area contributed by atoms with Crippen molar-refractivity contribution >= 4 is 38.1 Å². The summed E-state index contributed by atoms with van der Waals surface area (Å²) in [6, 6.07) is 11.1. The molecule has 0 aliphatic carbocycles. The van der Waals surface area contributed by atoms with Gasteiger partial charge in [0.2, 0.25) is 0 Å². The molecule has 2 N–H and O–H groups in total. The molecular weight excluding hydrogens is 362 g/mol. The average Bonchev–Trinajstić information content (AvgIpc) is 3.22. The van der Waals surface area contributed by atoms with Gasteiger partial charge in [-0.05, 0) is 36.4 Å². The van der Waals surface area contributed by atoms with Gasteiger partial charge < -0.3 is 4.42 Å². The highest BCUT2D eigenvalue weighted by Gasteiger charge is 2.16. The molecule has 0 aliphatic rings. The van der Waals surface area contributed by atoms with Crippen LogP contribution in [-0.4, -0.2) is 18.4 Å². The fourth-order valence-electron chi connectivity index (χ4n) is 2.35. The molecule has 0 unspecified atom stereocenters. The van der Waals surface area contributed by atoms with Crippen LogP contribution >= 0.6 is 11.3 Å². The molecule has 0 spiro atoms. The van der Waals surface area contributed by atoms with Crippen molar-refractivity contribution in [1.29, 1.82) is 0 Å². The van der Waals surface area contributed by atoms with Gasteiger partial charge in [0.25, 0.3) is 10.0 Å². The van der Waals surface area contributed by atoms with Gasteiger partial charge >= 0.3 is 5.76 Å². The predicted molar refractivity (Wildman–Crippen MR) is 95.2 cm³/mol. The van der Waals surface area contributed by atoms with Crippen LogP contribution in [0.1, 0.15) is 0 Å². The minimum absolute atomic E-state index is 0.00625. The number of fused-ring (bicyclic) bond motifs is 1. The third kappa shape index (κ3) is 3.06. The maximum absolute atomic E-state index is 12.5. The molecule has 4 aromatic rings. The predicted octanol–water partition coefficient (Wildman–Crippen LogP) is 3.05. The number of hydrogen-bond acceptors (Lipinski definition) is 6. The van der Waals surface area contributed by atoms with E-state index in [-0.39, 0.29) is 10.5 Å². The van der Waals surface area contributed by atoms with Crippen molar-refractivity contribution in [3.8, 4) is 10.6 Å². The van der Waals surface area contributed by atoms with Gasteiger partial charge in [-0.15, -0.1) is 11.3 Å². The number of oxazole rings is 1. The average molecular weight is 373 g/mol. The minimum atomic E-state index is -3.80. The van der Waals surface area contributed by atoms with Gasteiger partial charge in [0, 0.05) is 28.9 Å². The number of nitrogens with one attached hydrogen (secondary N) is 2. The first kappa shape index (κ1) is 15.6. The molecule has 0 aliphatic heterocycles. The first-order valence-electron chi connectivity index (χ1n) is 7.17. The van der Waals surface area contributed by atoms with E-state index in [0.29, 0.717) is 11.2 Å². The van der Waals surface area contributed by atoms with Gasteiger partial charge in [0.05, 0.1) is 10.4 Å². The molecule has 0 bridgehead atoms. The summed E-state index contributed by atoms with van der Waals surface area (Å²) >= 11 is 1.51. The Labute approximate surface area is 146 Å². The lowest BCUT2D eigenvalue weighted by Gasteiger charge is -2.08. The highest BCUT2D eigenvalue weighted by Crippen LogP contribution is 2.25. The largest absolute Gasteiger partial charge is 0.417 e. The highest BCUT2D eigenvalue weighted by atomic mass is 32.2. The first-order chi connectivity index (χ1) is 12.0. The van der Waals surface area contributed by atoms with E-state index < -0.39 is 15.8 Å². The zero-order valence-corrected chi connectivity index (χ0v) is 14.2. The van der Waals surface area contributed by atoms with Crippen LogP contribution in [0.5, 0.6) is 0 Å². The van der Waals surface area contributed by atoms with E-state index in [4.69, 9.17) is 4.42 Å². The van der Waals surface area contributed by atoms with Crippen molar-refractivity contribution in [3.63, 3.8) is 0 Å². The second kappa shape index (κ2) is 5.87. The van der Waals surface area contributed by atoms with Crippen LogP contribution in [0.2, 0.25) is 0 Å². The molecule has 0 radical (unpaired) electrons. The van der Waals surface area contributed by atoms with Crippen molar-refractivity contribution in [2.45, 2.75) is 4.90 Å². The lowest BCUT2D eigenvalue weighted by molar-refractivity contribution is 0.554. The van der Waals surface area contributed by atoms with Crippen LogP contribution in [0.25, 0.3) is 21.7 Å². The molecule has 0 saturated heterocycles. The maximum Gasteiger partial charge on any atom is 0.417 e. The van der Waals surface area contributed by atoms with Crippen LogP contribution in [0.15, 0.2) is 68.1 Å². The lowest BCUT2D eigenvalue weighted by Crippen LogP contribution is -2.12. The Morgan fingerprint density at radius 2 is 1.92 bits per heavy atom. The molecule has 0 saturated carbocycles. The summed E-state index contributed by atoms with van der Waals surface area (Å²) in [7, 11) is -3.80. The highest BCUT2D eigenvalue weighted by molar-refractivity contribution is 7.92. The van der Waals surface area contributed by atoms with Gasteiger partial charge in [0.15, 0.2) is 5.58 Å². The van der Waals surface area contributed by atoms with Crippen LogP contribution in [0.4, 0.5) is 5.69 Å². The second-order valence-corrected chi connectivity index (χ2v) is 7.77. The summed E-state index contributed by atoms with van der Waals surface area (Å²) < 4.78 is 32.4. The van der Waals surface area contributed by atoms with E-state index in [9.17, 15) is 13.2 Å². The van der Waals surface area contributed by atoms with E-state index in [1.165, 1.54) is 29.5 Å². The number of sulfonamides is 1. The van der Waals surface area contributed by atoms with Gasteiger partial charge in [-0.1, -0.05) is 0 Å². The number of hydrogen-bond donors (Lipinski definition) is 2. The number of thiazole rings is 1. The van der Waals surface area contributed by atoms with Crippen molar-refractivity contribution in [2.24, 2.45) is 0 Å². The number of aromatic amines is 1. The number of anilines is 1. The summed E-state index contributed by atoms with van der Waals surface area (Å²) in [6.45, 7) is 0. The molecule has 2 aromatic carbocycles. The van der Waals surface area contributed by atoms with Gasteiger partial charge in [-0.25, -0.2) is 18.2 Å². The van der Waals surface area contributed by atoms with Crippen molar-refractivity contribution in [1.82, 2.24) is 9.97 Å². The Morgan fingerprint density at radius 3 is 2.64 bits per heavy atom.